The van der Waals surface area contributed by atoms with E-state index in [0.29, 0.717) is 0 Å². The van der Waals surface area contributed by atoms with Gasteiger partial charge < -0.3 is 0 Å². The highest BCUT2D eigenvalue weighted by Gasteiger charge is 2.17. The van der Waals surface area contributed by atoms with Crippen molar-refractivity contribution >= 4 is 47.6 Å². The van der Waals surface area contributed by atoms with Crippen molar-refractivity contribution in [3.8, 4) is 0 Å². The Bertz CT molecular complexity index is 1200. The number of oxime groups is 2. The maximum atomic E-state index is 12.1. The van der Waals surface area contributed by atoms with Crippen molar-refractivity contribution in [2.24, 2.45) is 10.3 Å². The standard InChI is InChI=1S/C18H13BrN2O6S2/c19-14-6-12-18(13-7-14)29(24,25)27-21-16-10-8-15(9-11-16)20-26-28(22,23)17-4-2-1-3-5-17/h1-13H. The van der Waals surface area contributed by atoms with Crippen molar-refractivity contribution in [2.75, 3.05) is 0 Å². The molecule has 0 atom stereocenters. The molecule has 0 N–H and O–H groups in total. The molecule has 1 aliphatic rings. The minimum atomic E-state index is -4.06. The van der Waals surface area contributed by atoms with Gasteiger partial charge >= 0.3 is 20.2 Å². The summed E-state index contributed by atoms with van der Waals surface area (Å²) < 4.78 is 58.3. The van der Waals surface area contributed by atoms with Crippen LogP contribution in [0, 0.1) is 0 Å². The van der Waals surface area contributed by atoms with Crippen LogP contribution < -0.4 is 0 Å². The van der Waals surface area contributed by atoms with E-state index in [2.05, 4.69) is 34.8 Å². The maximum absolute atomic E-state index is 12.1. The molecule has 2 aromatic carbocycles. The Morgan fingerprint density at radius 2 is 1.03 bits per heavy atom. The van der Waals surface area contributed by atoms with Gasteiger partial charge in [-0.05, 0) is 60.7 Å². The number of hydrogen-bond acceptors (Lipinski definition) is 8. The molecule has 0 aromatic heterocycles. The molecule has 0 saturated carbocycles. The van der Waals surface area contributed by atoms with Gasteiger partial charge in [-0.15, -0.1) is 0 Å². The predicted molar refractivity (Wildman–Crippen MR) is 110 cm³/mol. The van der Waals surface area contributed by atoms with E-state index in [0.717, 1.165) is 4.47 Å². The summed E-state index contributed by atoms with van der Waals surface area (Å²) in [6, 6.07) is 13.5. The third-order valence-electron chi connectivity index (χ3n) is 3.47. The zero-order valence-electron chi connectivity index (χ0n) is 14.5. The lowest BCUT2D eigenvalue weighted by atomic mass is 10.1. The summed E-state index contributed by atoms with van der Waals surface area (Å²) in [4.78, 5) is -0.0718. The van der Waals surface area contributed by atoms with Gasteiger partial charge in [0.1, 0.15) is 21.2 Å². The summed E-state index contributed by atoms with van der Waals surface area (Å²) in [5.74, 6) is 0. The summed E-state index contributed by atoms with van der Waals surface area (Å²) in [7, 11) is -8.09. The van der Waals surface area contributed by atoms with Gasteiger partial charge in [-0.3, -0.25) is 8.57 Å². The SMILES string of the molecule is O=S(=O)(ON=C1C=CC(=NOS(=O)(=O)c2ccc(Br)cc2)C=C1)c1ccccc1. The lowest BCUT2D eigenvalue weighted by molar-refractivity contribution is 0.338. The molecular weight excluding hydrogens is 484 g/mol. The molecule has 0 radical (unpaired) electrons. The van der Waals surface area contributed by atoms with Crippen LogP contribution in [0.15, 0.2) is 103 Å². The van der Waals surface area contributed by atoms with E-state index in [-0.39, 0.29) is 21.2 Å². The van der Waals surface area contributed by atoms with Gasteiger partial charge in [0.15, 0.2) is 0 Å². The van der Waals surface area contributed by atoms with Crippen molar-refractivity contribution in [3.63, 3.8) is 0 Å². The highest BCUT2D eigenvalue weighted by atomic mass is 79.9. The first-order valence-electron chi connectivity index (χ1n) is 7.96. The van der Waals surface area contributed by atoms with Crippen LogP contribution in [0.3, 0.4) is 0 Å². The van der Waals surface area contributed by atoms with Gasteiger partial charge in [-0.25, -0.2) is 0 Å². The third kappa shape index (κ3) is 5.62. The molecule has 0 bridgehead atoms. The molecule has 1 aliphatic carbocycles. The Hall–Kier alpha value is -2.76. The van der Waals surface area contributed by atoms with Crippen molar-refractivity contribution in [3.05, 3.63) is 83.4 Å². The van der Waals surface area contributed by atoms with Crippen molar-refractivity contribution in [2.45, 2.75) is 9.79 Å². The van der Waals surface area contributed by atoms with E-state index in [1.807, 2.05) is 0 Å². The van der Waals surface area contributed by atoms with E-state index in [1.165, 1.54) is 48.6 Å². The van der Waals surface area contributed by atoms with Crippen LogP contribution >= 0.6 is 15.9 Å². The van der Waals surface area contributed by atoms with Gasteiger partial charge in [0.05, 0.1) is 0 Å². The number of benzene rings is 2. The van der Waals surface area contributed by atoms with E-state index in [4.69, 9.17) is 0 Å². The van der Waals surface area contributed by atoms with Crippen molar-refractivity contribution in [1.29, 1.82) is 0 Å². The second kappa shape index (κ2) is 8.72. The van der Waals surface area contributed by atoms with Crippen LogP contribution in [0.4, 0.5) is 0 Å². The Kier molecular flexibility index (Phi) is 6.30. The lowest BCUT2D eigenvalue weighted by Gasteiger charge is -2.05. The fourth-order valence-corrected chi connectivity index (χ4v) is 3.80. The molecule has 0 aliphatic heterocycles. The second-order valence-corrected chi connectivity index (χ2v) is 9.50. The molecule has 0 amide bonds. The maximum Gasteiger partial charge on any atom is 0.358 e. The van der Waals surface area contributed by atoms with E-state index >= 15 is 0 Å². The van der Waals surface area contributed by atoms with E-state index in [1.54, 1.807) is 30.3 Å². The third-order valence-corrected chi connectivity index (χ3v) is 6.23. The minimum Gasteiger partial charge on any atom is -0.264 e. The highest BCUT2D eigenvalue weighted by molar-refractivity contribution is 9.10. The minimum absolute atomic E-state index is 0.0260. The zero-order chi connectivity index (χ0) is 20.9. The van der Waals surface area contributed by atoms with E-state index < -0.39 is 20.2 Å². The molecule has 0 spiro atoms. The Balaban J connectivity index is 1.65. The van der Waals surface area contributed by atoms with Crippen LogP contribution in [-0.4, -0.2) is 28.3 Å². The largest absolute Gasteiger partial charge is 0.358 e. The molecule has 0 fully saturated rings. The molecule has 3 rings (SSSR count). The normalized spacial score (nSPS) is 13.8. The van der Waals surface area contributed by atoms with Gasteiger partial charge in [0.25, 0.3) is 0 Å². The van der Waals surface area contributed by atoms with Crippen LogP contribution in [0.1, 0.15) is 0 Å². The second-order valence-electron chi connectivity index (χ2n) is 5.52. The molecule has 0 heterocycles. The fourth-order valence-electron chi connectivity index (χ4n) is 2.03. The predicted octanol–water partition coefficient (Wildman–Crippen LogP) is 3.40. The molecule has 2 aromatic rings. The summed E-state index contributed by atoms with van der Waals surface area (Å²) in [6.45, 7) is 0. The average Bonchev–Trinajstić information content (AvgIpc) is 2.73. The number of hydrogen-bond donors (Lipinski definition) is 0. The molecule has 0 unspecified atom stereocenters. The Labute approximate surface area is 176 Å². The van der Waals surface area contributed by atoms with Gasteiger partial charge in [0, 0.05) is 4.47 Å². The first-order chi connectivity index (χ1) is 13.8. The number of allylic oxidation sites excluding steroid dienone is 4. The van der Waals surface area contributed by atoms with Crippen molar-refractivity contribution < 1.29 is 25.4 Å². The molecule has 11 heteroatoms. The molecule has 150 valence electrons. The average molecular weight is 497 g/mol. The highest BCUT2D eigenvalue weighted by Crippen LogP contribution is 2.17. The molecule has 0 saturated heterocycles. The Morgan fingerprint density at radius 1 is 0.621 bits per heavy atom. The summed E-state index contributed by atoms with van der Waals surface area (Å²) in [5.41, 5.74) is 0.384. The van der Waals surface area contributed by atoms with Gasteiger partial charge in [-0.2, -0.15) is 16.8 Å². The number of rotatable bonds is 6. The monoisotopic (exact) mass is 496 g/mol. The lowest BCUT2D eigenvalue weighted by Crippen LogP contribution is -2.07. The van der Waals surface area contributed by atoms with Gasteiger partial charge in [0.2, 0.25) is 0 Å². The number of nitrogens with zero attached hydrogens (tertiary/aromatic N) is 2. The van der Waals surface area contributed by atoms with E-state index in [9.17, 15) is 16.8 Å². The topological polar surface area (TPSA) is 111 Å². The molecule has 8 nitrogen and oxygen atoms in total. The zero-order valence-corrected chi connectivity index (χ0v) is 17.8. The van der Waals surface area contributed by atoms with Crippen LogP contribution in [0.5, 0.6) is 0 Å². The number of halogens is 1. The summed E-state index contributed by atoms with van der Waals surface area (Å²) in [6.07, 6.45) is 5.59. The smallest absolute Gasteiger partial charge is 0.264 e. The summed E-state index contributed by atoms with van der Waals surface area (Å²) >= 11 is 3.22. The van der Waals surface area contributed by atoms with Gasteiger partial charge in [-0.1, -0.05) is 44.4 Å². The molecule has 29 heavy (non-hydrogen) atoms. The Morgan fingerprint density at radius 3 is 1.48 bits per heavy atom. The summed E-state index contributed by atoms with van der Waals surface area (Å²) in [5, 5.41) is 7.14. The van der Waals surface area contributed by atoms with Crippen LogP contribution in [0.2, 0.25) is 0 Å². The molecular formula is C18H13BrN2O6S2. The first kappa shape index (κ1) is 21.0. The quantitative estimate of drug-likeness (QED) is 0.447. The first-order valence-corrected chi connectivity index (χ1v) is 11.6. The van der Waals surface area contributed by atoms with Crippen LogP contribution in [0.25, 0.3) is 0 Å². The van der Waals surface area contributed by atoms with Crippen LogP contribution in [-0.2, 0) is 28.8 Å². The fraction of sp³-hybridized carbons (Fsp3) is 0. The van der Waals surface area contributed by atoms with Crippen molar-refractivity contribution in [1.82, 2.24) is 0 Å².